The van der Waals surface area contributed by atoms with Gasteiger partial charge in [-0.1, -0.05) is 13.0 Å². The van der Waals surface area contributed by atoms with E-state index in [0.717, 1.165) is 19.8 Å². The van der Waals surface area contributed by atoms with E-state index < -0.39 is 15.9 Å². The number of rotatable bonds is 8. The van der Waals surface area contributed by atoms with Crippen molar-refractivity contribution >= 4 is 21.5 Å². The van der Waals surface area contributed by atoms with Crippen molar-refractivity contribution < 1.29 is 31.5 Å². The summed E-state index contributed by atoms with van der Waals surface area (Å²) in [4.78, 5) is 12.4. The van der Waals surface area contributed by atoms with Gasteiger partial charge in [0.1, 0.15) is 5.75 Å². The Morgan fingerprint density at radius 1 is 1.14 bits per heavy atom. The summed E-state index contributed by atoms with van der Waals surface area (Å²) in [6.45, 7) is 5.90. The van der Waals surface area contributed by atoms with Crippen LogP contribution in [0.1, 0.15) is 67.9 Å². The molecule has 2 heterocycles. The lowest BCUT2D eigenvalue weighted by molar-refractivity contribution is 0.0174. The number of Topliss-reactive ketones (excluding diaryl/α,β-unsaturated/α-hetero) is 1. The quantitative estimate of drug-likeness (QED) is 0.415. The Morgan fingerprint density at radius 3 is 2.50 bits per heavy atom. The van der Waals surface area contributed by atoms with Gasteiger partial charge in [-0.25, -0.2) is 17.2 Å². The van der Waals surface area contributed by atoms with Crippen LogP contribution < -0.4 is 9.04 Å². The van der Waals surface area contributed by atoms with Gasteiger partial charge in [0.2, 0.25) is 0 Å². The van der Waals surface area contributed by atoms with Gasteiger partial charge in [0.05, 0.1) is 22.8 Å². The maximum Gasteiger partial charge on any atom is 0.270 e. The summed E-state index contributed by atoms with van der Waals surface area (Å²) in [6, 6.07) is 8.20. The van der Waals surface area contributed by atoms with Crippen LogP contribution in [0.4, 0.5) is 14.5 Å². The molecule has 0 radical (unpaired) electrons. The molecule has 0 N–H and O–H groups in total. The molecular weight excluding hydrogens is 488 g/mol. The highest BCUT2D eigenvalue weighted by atomic mass is 32.2. The van der Waals surface area contributed by atoms with E-state index in [1.807, 2.05) is 6.92 Å². The van der Waals surface area contributed by atoms with Crippen LogP contribution in [0.3, 0.4) is 0 Å². The SMILES string of the molecule is CC[C@@H]1CCc2cc(C(C)(F)F)ccc2N1S(=O)(=O)c1ccc(OCC2CCOCC2)c(C(C)=O)c1. The number of ketones is 1. The molecule has 36 heavy (non-hydrogen) atoms. The zero-order valence-electron chi connectivity index (χ0n) is 20.9. The molecular formula is C27H33F2NO5S. The average Bonchev–Trinajstić information content (AvgIpc) is 2.86. The Kier molecular flexibility index (Phi) is 7.71. The minimum absolute atomic E-state index is 0.0256. The molecule has 9 heteroatoms. The number of hydrogen-bond donors (Lipinski definition) is 0. The number of benzene rings is 2. The van der Waals surface area contributed by atoms with Crippen molar-refractivity contribution in [1.29, 1.82) is 0 Å². The summed E-state index contributed by atoms with van der Waals surface area (Å²) < 4.78 is 68.3. The number of fused-ring (bicyclic) bond motifs is 1. The lowest BCUT2D eigenvalue weighted by atomic mass is 9.94. The first-order chi connectivity index (χ1) is 17.0. The van der Waals surface area contributed by atoms with Crippen molar-refractivity contribution in [1.82, 2.24) is 0 Å². The Hall–Kier alpha value is -2.52. The van der Waals surface area contributed by atoms with Gasteiger partial charge in [-0.3, -0.25) is 9.10 Å². The van der Waals surface area contributed by atoms with Crippen molar-refractivity contribution in [3.63, 3.8) is 0 Å². The molecule has 0 aliphatic carbocycles. The lowest BCUT2D eigenvalue weighted by Crippen LogP contribution is -2.43. The van der Waals surface area contributed by atoms with Gasteiger partial charge in [0.15, 0.2) is 5.78 Å². The number of sulfonamides is 1. The van der Waals surface area contributed by atoms with E-state index in [9.17, 15) is 22.0 Å². The number of hydrogen-bond acceptors (Lipinski definition) is 5. The van der Waals surface area contributed by atoms with Crippen LogP contribution in [0.25, 0.3) is 0 Å². The first kappa shape index (κ1) is 26.5. The van der Waals surface area contributed by atoms with Gasteiger partial charge in [-0.2, -0.15) is 0 Å². The number of alkyl halides is 2. The summed E-state index contributed by atoms with van der Waals surface area (Å²) >= 11 is 0. The molecule has 196 valence electrons. The van der Waals surface area contributed by atoms with Gasteiger partial charge < -0.3 is 9.47 Å². The monoisotopic (exact) mass is 521 g/mol. The van der Waals surface area contributed by atoms with Crippen molar-refractivity contribution in [2.45, 2.75) is 69.7 Å². The molecule has 0 bridgehead atoms. The lowest BCUT2D eigenvalue weighted by Gasteiger charge is -2.38. The third-order valence-electron chi connectivity index (χ3n) is 7.08. The van der Waals surface area contributed by atoms with Crippen LogP contribution in [0.5, 0.6) is 5.75 Å². The van der Waals surface area contributed by atoms with Crippen molar-refractivity contribution in [2.24, 2.45) is 5.92 Å². The molecule has 1 fully saturated rings. The van der Waals surface area contributed by atoms with E-state index in [0.29, 0.717) is 62.0 Å². The van der Waals surface area contributed by atoms with Crippen molar-refractivity contribution in [3.05, 3.63) is 53.1 Å². The number of halogens is 2. The molecule has 0 amide bonds. The van der Waals surface area contributed by atoms with Crippen LogP contribution in [0.2, 0.25) is 0 Å². The van der Waals surface area contributed by atoms with E-state index in [4.69, 9.17) is 9.47 Å². The molecule has 0 saturated carbocycles. The first-order valence-corrected chi connectivity index (χ1v) is 13.9. The Balaban J connectivity index is 1.68. The number of ether oxygens (including phenoxy) is 2. The largest absolute Gasteiger partial charge is 0.493 e. The summed E-state index contributed by atoms with van der Waals surface area (Å²) in [5.41, 5.74) is 1.05. The summed E-state index contributed by atoms with van der Waals surface area (Å²) in [5, 5.41) is 0. The maximum absolute atomic E-state index is 13.9. The van der Waals surface area contributed by atoms with Gasteiger partial charge in [0.25, 0.3) is 15.9 Å². The molecule has 2 aliphatic rings. The maximum atomic E-state index is 13.9. The van der Waals surface area contributed by atoms with Crippen LogP contribution in [0.15, 0.2) is 41.3 Å². The Labute approximate surface area is 211 Å². The molecule has 2 aromatic rings. The van der Waals surface area contributed by atoms with E-state index in [2.05, 4.69) is 0 Å². The van der Waals surface area contributed by atoms with Gasteiger partial charge in [-0.05, 0) is 80.8 Å². The number of nitrogens with zero attached hydrogens (tertiary/aromatic N) is 1. The number of carbonyl (C=O) groups excluding carboxylic acids is 1. The molecule has 0 aromatic heterocycles. The van der Waals surface area contributed by atoms with Crippen LogP contribution in [-0.4, -0.2) is 40.1 Å². The summed E-state index contributed by atoms with van der Waals surface area (Å²) in [7, 11) is -4.07. The molecule has 2 aliphatic heterocycles. The second kappa shape index (κ2) is 10.5. The smallest absolute Gasteiger partial charge is 0.270 e. The highest BCUT2D eigenvalue weighted by molar-refractivity contribution is 7.92. The van der Waals surface area contributed by atoms with Crippen LogP contribution in [-0.2, 0) is 27.1 Å². The molecule has 6 nitrogen and oxygen atoms in total. The minimum atomic E-state index is -4.07. The summed E-state index contributed by atoms with van der Waals surface area (Å²) in [5.74, 6) is -2.64. The number of aryl methyl sites for hydroxylation is 1. The molecule has 1 atom stereocenters. The van der Waals surface area contributed by atoms with Gasteiger partial charge >= 0.3 is 0 Å². The fourth-order valence-electron chi connectivity index (χ4n) is 4.91. The fraction of sp³-hybridized carbons (Fsp3) is 0.519. The highest BCUT2D eigenvalue weighted by Crippen LogP contribution is 2.40. The van der Waals surface area contributed by atoms with E-state index >= 15 is 0 Å². The van der Waals surface area contributed by atoms with Crippen LogP contribution >= 0.6 is 0 Å². The normalized spacial score (nSPS) is 19.1. The average molecular weight is 522 g/mol. The third-order valence-corrected chi connectivity index (χ3v) is 8.94. The topological polar surface area (TPSA) is 72.9 Å². The predicted octanol–water partition coefficient (Wildman–Crippen LogP) is 5.73. The zero-order valence-corrected chi connectivity index (χ0v) is 21.7. The van der Waals surface area contributed by atoms with Gasteiger partial charge in [-0.15, -0.1) is 0 Å². The second-order valence-electron chi connectivity index (χ2n) is 9.71. The second-order valence-corrected chi connectivity index (χ2v) is 11.5. The fourth-order valence-corrected chi connectivity index (χ4v) is 6.73. The molecule has 4 rings (SSSR count). The van der Waals surface area contributed by atoms with E-state index in [1.165, 1.54) is 47.6 Å². The van der Waals surface area contributed by atoms with E-state index in [1.54, 1.807) is 0 Å². The summed E-state index contributed by atoms with van der Waals surface area (Å²) in [6.07, 6.45) is 3.35. The molecule has 0 unspecified atom stereocenters. The number of carbonyl (C=O) groups is 1. The third kappa shape index (κ3) is 5.42. The van der Waals surface area contributed by atoms with Crippen molar-refractivity contribution in [3.8, 4) is 5.75 Å². The first-order valence-electron chi connectivity index (χ1n) is 12.4. The van der Waals surface area contributed by atoms with Gasteiger partial charge in [0, 0.05) is 31.7 Å². The molecule has 0 spiro atoms. The van der Waals surface area contributed by atoms with Crippen molar-refractivity contribution in [2.75, 3.05) is 24.1 Å². The van der Waals surface area contributed by atoms with Crippen LogP contribution in [0, 0.1) is 5.92 Å². The Bertz CT molecular complexity index is 1220. The highest BCUT2D eigenvalue weighted by Gasteiger charge is 2.37. The Morgan fingerprint density at radius 2 is 1.86 bits per heavy atom. The minimum Gasteiger partial charge on any atom is -0.493 e. The zero-order chi connectivity index (χ0) is 26.1. The molecule has 2 aromatic carbocycles. The predicted molar refractivity (Wildman–Crippen MR) is 134 cm³/mol. The molecule has 1 saturated heterocycles. The van der Waals surface area contributed by atoms with E-state index in [-0.39, 0.29) is 27.8 Å². The number of anilines is 1. The standard InChI is InChI=1S/C27H33F2NO5S/c1-4-22-7-5-20-15-21(27(3,28)29)6-9-25(20)30(22)36(32,33)23-8-10-26(24(16-23)18(2)31)35-17-19-11-13-34-14-12-19/h6,8-10,15-16,19,22H,4-5,7,11-14,17H2,1-3H3/t22-/m1/s1.